The minimum atomic E-state index is -4.40. The van der Waals surface area contributed by atoms with E-state index in [1.165, 1.54) is 51.4 Å². The van der Waals surface area contributed by atoms with Gasteiger partial charge in [-0.2, -0.15) is 0 Å². The summed E-state index contributed by atoms with van der Waals surface area (Å²) in [6.07, 6.45) is 53.4. The molecule has 0 aromatic heterocycles. The maximum Gasteiger partial charge on any atom is 0.472 e. The van der Waals surface area contributed by atoms with Gasteiger partial charge >= 0.3 is 19.8 Å². The topological polar surface area (TPSA) is 108 Å². The maximum atomic E-state index is 12.7. The summed E-state index contributed by atoms with van der Waals surface area (Å²) in [5.74, 6) is -0.867. The van der Waals surface area contributed by atoms with E-state index in [0.29, 0.717) is 23.9 Å². The third-order valence-corrected chi connectivity index (χ3v) is 10.4. The van der Waals surface area contributed by atoms with Gasteiger partial charge in [-0.1, -0.05) is 144 Å². The standard InChI is InChI=1S/C50H86NO8P/c1-6-8-10-12-14-16-18-20-22-24-25-27-29-31-33-35-37-39-41-43-50(53)59-48(47-58-60(54,55)57-45-44-51(3,4)5)46-56-49(52)42-40-38-36-34-32-30-28-26-23-21-19-17-15-13-11-9-7-2/h14-17,20-23,25,27-28,30-31,33,48H,6-13,18-19,24,26,29,32,34-47H2,1-5H3/p+1/b16-14-,17-15-,22-20-,23-21-,27-25-,30-28-,33-31-/t48-/m1/s1. The Morgan fingerprint density at radius 3 is 1.33 bits per heavy atom. The van der Waals surface area contributed by atoms with Crippen molar-refractivity contribution in [2.24, 2.45) is 0 Å². The number of esters is 2. The highest BCUT2D eigenvalue weighted by Gasteiger charge is 2.27. The smallest absolute Gasteiger partial charge is 0.462 e. The van der Waals surface area contributed by atoms with Crippen molar-refractivity contribution in [3.63, 3.8) is 0 Å². The number of carbonyl (C=O) groups is 2. The number of unbranched alkanes of at least 4 members (excludes halogenated alkanes) is 13. The van der Waals surface area contributed by atoms with E-state index >= 15 is 0 Å². The van der Waals surface area contributed by atoms with Crippen LogP contribution in [0.25, 0.3) is 0 Å². The van der Waals surface area contributed by atoms with E-state index in [0.717, 1.165) is 77.0 Å². The highest BCUT2D eigenvalue weighted by Crippen LogP contribution is 2.43. The molecule has 0 radical (unpaired) electrons. The molecule has 1 N–H and O–H groups in total. The third kappa shape index (κ3) is 44.7. The van der Waals surface area contributed by atoms with Gasteiger partial charge in [-0.25, -0.2) is 4.57 Å². The second-order valence-electron chi connectivity index (χ2n) is 16.4. The lowest BCUT2D eigenvalue weighted by Crippen LogP contribution is -2.37. The van der Waals surface area contributed by atoms with Crippen LogP contribution >= 0.6 is 7.82 Å². The van der Waals surface area contributed by atoms with Gasteiger partial charge in [0.05, 0.1) is 27.7 Å². The molecule has 0 spiro atoms. The lowest BCUT2D eigenvalue weighted by molar-refractivity contribution is -0.870. The first-order chi connectivity index (χ1) is 29.0. The molecule has 0 saturated carbocycles. The van der Waals surface area contributed by atoms with Crippen molar-refractivity contribution in [2.75, 3.05) is 47.5 Å². The van der Waals surface area contributed by atoms with Gasteiger partial charge in [-0.05, 0) is 96.3 Å². The highest BCUT2D eigenvalue weighted by molar-refractivity contribution is 7.47. The second kappa shape index (κ2) is 41.5. The van der Waals surface area contributed by atoms with Crippen LogP contribution in [0.15, 0.2) is 85.1 Å². The number of nitrogens with zero attached hydrogens (tertiary/aromatic N) is 1. The van der Waals surface area contributed by atoms with Crippen molar-refractivity contribution in [1.29, 1.82) is 0 Å². The van der Waals surface area contributed by atoms with Gasteiger partial charge in [0, 0.05) is 12.8 Å². The first-order valence-electron chi connectivity index (χ1n) is 23.3. The molecule has 9 nitrogen and oxygen atoms in total. The predicted molar refractivity (Wildman–Crippen MR) is 252 cm³/mol. The monoisotopic (exact) mass is 861 g/mol. The van der Waals surface area contributed by atoms with E-state index in [1.54, 1.807) is 0 Å². The largest absolute Gasteiger partial charge is 0.472 e. The Labute approximate surface area is 367 Å². The zero-order valence-corrected chi connectivity index (χ0v) is 39.6. The number of allylic oxidation sites excluding steroid dienone is 14. The molecule has 0 aliphatic carbocycles. The van der Waals surface area contributed by atoms with Crippen LogP contribution in [-0.4, -0.2) is 74.9 Å². The Morgan fingerprint density at radius 2 is 0.900 bits per heavy atom. The first kappa shape index (κ1) is 57.2. The molecule has 0 amide bonds. The van der Waals surface area contributed by atoms with Crippen molar-refractivity contribution in [3.8, 4) is 0 Å². The Hall–Kier alpha value is -2.81. The molecule has 60 heavy (non-hydrogen) atoms. The minimum absolute atomic E-state index is 0.0166. The van der Waals surface area contributed by atoms with Crippen LogP contribution in [0.1, 0.15) is 168 Å². The van der Waals surface area contributed by atoms with Gasteiger partial charge in [-0.3, -0.25) is 18.6 Å². The van der Waals surface area contributed by atoms with Crippen molar-refractivity contribution in [1.82, 2.24) is 0 Å². The Bertz CT molecular complexity index is 1290. The molecule has 0 bridgehead atoms. The number of carbonyl (C=O) groups excluding carboxylic acids is 2. The molecule has 0 aromatic carbocycles. The molecule has 1 unspecified atom stereocenters. The zero-order chi connectivity index (χ0) is 44.3. The van der Waals surface area contributed by atoms with E-state index in [4.69, 9.17) is 18.5 Å². The number of phosphoric acid groups is 1. The van der Waals surface area contributed by atoms with E-state index in [1.807, 2.05) is 21.1 Å². The van der Waals surface area contributed by atoms with E-state index in [9.17, 15) is 19.0 Å². The van der Waals surface area contributed by atoms with Gasteiger partial charge < -0.3 is 18.9 Å². The second-order valence-corrected chi connectivity index (χ2v) is 17.9. The normalized spacial score (nSPS) is 14.3. The van der Waals surface area contributed by atoms with E-state index < -0.39 is 32.5 Å². The Balaban J connectivity index is 4.46. The van der Waals surface area contributed by atoms with Crippen LogP contribution < -0.4 is 0 Å². The lowest BCUT2D eigenvalue weighted by Gasteiger charge is -2.24. The molecule has 0 heterocycles. The van der Waals surface area contributed by atoms with Crippen molar-refractivity contribution in [2.45, 2.75) is 174 Å². The van der Waals surface area contributed by atoms with Gasteiger partial charge in [0.25, 0.3) is 0 Å². The van der Waals surface area contributed by atoms with Crippen LogP contribution in [0.4, 0.5) is 0 Å². The summed E-state index contributed by atoms with van der Waals surface area (Å²) < 4.78 is 34.3. The summed E-state index contributed by atoms with van der Waals surface area (Å²) in [7, 11) is 1.43. The number of ether oxygens (including phenoxy) is 2. The molecular weight excluding hydrogens is 774 g/mol. The molecule has 0 aliphatic rings. The Kier molecular flexibility index (Phi) is 39.6. The summed E-state index contributed by atoms with van der Waals surface area (Å²) in [4.78, 5) is 35.4. The molecule has 0 rings (SSSR count). The van der Waals surface area contributed by atoms with Crippen LogP contribution in [0, 0.1) is 0 Å². The van der Waals surface area contributed by atoms with E-state index in [-0.39, 0.29) is 26.1 Å². The average Bonchev–Trinajstić information content (AvgIpc) is 3.20. The fraction of sp³-hybridized carbons (Fsp3) is 0.680. The van der Waals surface area contributed by atoms with Crippen LogP contribution in [0.2, 0.25) is 0 Å². The summed E-state index contributed by atoms with van der Waals surface area (Å²) in [6.45, 7) is 4.28. The number of rotatable bonds is 41. The Morgan fingerprint density at radius 1 is 0.517 bits per heavy atom. The lowest BCUT2D eigenvalue weighted by atomic mass is 10.1. The van der Waals surface area contributed by atoms with Crippen LogP contribution in [0.5, 0.6) is 0 Å². The summed E-state index contributed by atoms with van der Waals surface area (Å²) in [5.41, 5.74) is 0. The minimum Gasteiger partial charge on any atom is -0.462 e. The summed E-state index contributed by atoms with van der Waals surface area (Å²) in [6, 6.07) is 0. The molecule has 10 heteroatoms. The molecule has 2 atom stereocenters. The molecule has 0 aromatic rings. The quantitative estimate of drug-likeness (QED) is 0.0213. The van der Waals surface area contributed by atoms with Crippen LogP contribution in [-0.2, 0) is 32.7 Å². The molecule has 0 fully saturated rings. The molecular formula is C50H87NO8P+. The van der Waals surface area contributed by atoms with E-state index in [2.05, 4.69) is 98.9 Å². The number of hydrogen-bond acceptors (Lipinski definition) is 7. The molecule has 0 aliphatic heterocycles. The average molecular weight is 861 g/mol. The summed E-state index contributed by atoms with van der Waals surface area (Å²) >= 11 is 0. The SMILES string of the molecule is CCCCC/C=C\C/C=C\C/C=C\C/C=C\CCCCCC(=O)O[C@H](COC(=O)CCCCCC/C=C\C/C=C\C/C=C\CCCCC)COP(=O)(O)OCC[N+](C)(C)C. The van der Waals surface area contributed by atoms with Crippen LogP contribution in [0.3, 0.4) is 0 Å². The molecule has 0 saturated heterocycles. The van der Waals surface area contributed by atoms with Gasteiger partial charge in [0.15, 0.2) is 6.10 Å². The van der Waals surface area contributed by atoms with Gasteiger partial charge in [-0.15, -0.1) is 0 Å². The predicted octanol–water partition coefficient (Wildman–Crippen LogP) is 13.6. The fourth-order valence-corrected chi connectivity index (χ4v) is 6.45. The van der Waals surface area contributed by atoms with Crippen molar-refractivity contribution < 1.29 is 42.1 Å². The number of quaternary nitrogens is 1. The van der Waals surface area contributed by atoms with Gasteiger partial charge in [0.2, 0.25) is 0 Å². The maximum absolute atomic E-state index is 12.7. The van der Waals surface area contributed by atoms with Crippen molar-refractivity contribution in [3.05, 3.63) is 85.1 Å². The fourth-order valence-electron chi connectivity index (χ4n) is 5.71. The zero-order valence-electron chi connectivity index (χ0n) is 38.7. The number of likely N-dealkylation sites (N-methyl/N-ethyl adjacent to an activating group) is 1. The van der Waals surface area contributed by atoms with Crippen molar-refractivity contribution >= 4 is 19.8 Å². The first-order valence-corrected chi connectivity index (χ1v) is 24.8. The molecule has 344 valence electrons. The van der Waals surface area contributed by atoms with Gasteiger partial charge in [0.1, 0.15) is 19.8 Å². The number of phosphoric ester groups is 1. The highest BCUT2D eigenvalue weighted by atomic mass is 31.2. The third-order valence-electron chi connectivity index (χ3n) is 9.40. The number of hydrogen-bond donors (Lipinski definition) is 1. The summed E-state index contributed by atoms with van der Waals surface area (Å²) in [5, 5.41) is 0.